The molecule has 5 nitrogen and oxygen atoms in total. The van der Waals surface area contributed by atoms with Gasteiger partial charge in [-0.1, -0.05) is 35.6 Å². The van der Waals surface area contributed by atoms with Crippen LogP contribution in [0.3, 0.4) is 0 Å². The number of amides is 1. The number of aromatic nitrogens is 1. The van der Waals surface area contributed by atoms with E-state index < -0.39 is 0 Å². The van der Waals surface area contributed by atoms with Gasteiger partial charge in [-0.15, -0.1) is 0 Å². The van der Waals surface area contributed by atoms with Gasteiger partial charge in [0.2, 0.25) is 0 Å². The largest absolute Gasteiger partial charge is 0.351 e. The lowest BCUT2D eigenvalue weighted by Gasteiger charge is -2.20. The summed E-state index contributed by atoms with van der Waals surface area (Å²) in [4.78, 5) is 22.2. The van der Waals surface area contributed by atoms with Crippen LogP contribution in [0.15, 0.2) is 66.7 Å². The molecule has 1 atom stereocenters. The third-order valence-electron chi connectivity index (χ3n) is 6.31. The minimum absolute atomic E-state index is 0.169. The normalized spacial score (nSPS) is 16.1. The van der Waals surface area contributed by atoms with Crippen molar-refractivity contribution in [1.82, 2.24) is 9.88 Å². The number of fused-ring (bicyclic) bond motifs is 1. The van der Waals surface area contributed by atoms with Gasteiger partial charge in [0.05, 0.1) is 10.2 Å². The van der Waals surface area contributed by atoms with Crippen LogP contribution in [0.5, 0.6) is 0 Å². The van der Waals surface area contributed by atoms with Gasteiger partial charge in [-0.2, -0.15) is 0 Å². The number of likely N-dealkylation sites (tertiary alicyclic amines) is 1. The van der Waals surface area contributed by atoms with Gasteiger partial charge in [-0.3, -0.25) is 4.79 Å². The van der Waals surface area contributed by atoms with Crippen LogP contribution in [0, 0.1) is 11.7 Å². The molecule has 34 heavy (non-hydrogen) atoms. The van der Waals surface area contributed by atoms with Crippen molar-refractivity contribution in [2.24, 2.45) is 5.92 Å². The van der Waals surface area contributed by atoms with E-state index in [1.807, 2.05) is 30.3 Å². The van der Waals surface area contributed by atoms with E-state index in [9.17, 15) is 9.18 Å². The van der Waals surface area contributed by atoms with Crippen LogP contribution < -0.4 is 10.2 Å². The van der Waals surface area contributed by atoms with Crippen molar-refractivity contribution in [1.29, 1.82) is 0 Å². The van der Waals surface area contributed by atoms with Crippen LogP contribution in [-0.2, 0) is 0 Å². The summed E-state index contributed by atoms with van der Waals surface area (Å²) in [5, 5.41) is 3.99. The van der Waals surface area contributed by atoms with Gasteiger partial charge in [0.25, 0.3) is 5.91 Å². The number of nitrogens with one attached hydrogen (secondary N) is 1. The molecular weight excluding hydrogens is 447 g/mol. The van der Waals surface area contributed by atoms with Gasteiger partial charge in [0.1, 0.15) is 5.82 Å². The fourth-order valence-corrected chi connectivity index (χ4v) is 5.43. The van der Waals surface area contributed by atoms with Gasteiger partial charge in [-0.25, -0.2) is 9.37 Å². The third-order valence-corrected chi connectivity index (χ3v) is 7.44. The number of carbonyl (C=O) groups is 1. The summed E-state index contributed by atoms with van der Waals surface area (Å²) in [6.07, 6.45) is 1.23. The zero-order valence-corrected chi connectivity index (χ0v) is 20.1. The number of carbonyl (C=O) groups excluding carboxylic acids is 1. The second-order valence-corrected chi connectivity index (χ2v) is 10.0. The van der Waals surface area contributed by atoms with E-state index in [4.69, 9.17) is 4.98 Å². The Bertz CT molecular complexity index is 1300. The van der Waals surface area contributed by atoms with Crippen LogP contribution in [0.2, 0.25) is 0 Å². The topological polar surface area (TPSA) is 48.5 Å². The minimum atomic E-state index is -0.266. The summed E-state index contributed by atoms with van der Waals surface area (Å²) < 4.78 is 14.2. The van der Waals surface area contributed by atoms with Gasteiger partial charge >= 0.3 is 0 Å². The molecule has 1 unspecified atom stereocenters. The standard InChI is InChI=1S/C27H27FN4OS/c1-31-14-13-18(16-31)17-32(2)27-30-24-12-11-23(15-25(24)34-27)29-26(33)21-5-3-19(4-6-21)20-7-9-22(28)10-8-20/h3-12,15,18H,13-14,16-17H2,1-2H3,(H,29,33). The third kappa shape index (κ3) is 4.95. The van der Waals surface area contributed by atoms with Crippen molar-refractivity contribution >= 4 is 38.3 Å². The highest BCUT2D eigenvalue weighted by atomic mass is 32.1. The molecule has 0 bridgehead atoms. The summed E-state index contributed by atoms with van der Waals surface area (Å²) in [6.45, 7) is 3.30. The SMILES string of the molecule is CN1CCC(CN(C)c2nc3ccc(NC(=O)c4ccc(-c5ccc(F)cc5)cc4)cc3s2)C1. The zero-order valence-electron chi connectivity index (χ0n) is 19.3. The molecule has 4 aromatic rings. The Labute approximate surface area is 202 Å². The Morgan fingerprint density at radius 3 is 2.50 bits per heavy atom. The Morgan fingerprint density at radius 2 is 1.82 bits per heavy atom. The van der Waals surface area contributed by atoms with Crippen molar-refractivity contribution in [2.45, 2.75) is 6.42 Å². The summed E-state index contributed by atoms with van der Waals surface area (Å²) in [6, 6.07) is 19.5. The molecule has 1 fully saturated rings. The minimum Gasteiger partial charge on any atom is -0.351 e. The maximum absolute atomic E-state index is 13.2. The van der Waals surface area contributed by atoms with Crippen molar-refractivity contribution in [3.05, 3.63) is 78.1 Å². The Balaban J connectivity index is 1.26. The molecule has 0 aliphatic carbocycles. The van der Waals surface area contributed by atoms with Gasteiger partial charge in [0.15, 0.2) is 5.13 Å². The molecule has 1 aromatic heterocycles. The molecule has 174 valence electrons. The van der Waals surface area contributed by atoms with Gasteiger partial charge in [-0.05, 0) is 79.5 Å². The van der Waals surface area contributed by atoms with E-state index in [1.54, 1.807) is 35.6 Å². The maximum Gasteiger partial charge on any atom is 0.255 e. The highest BCUT2D eigenvalue weighted by Gasteiger charge is 2.22. The Kier molecular flexibility index (Phi) is 6.30. The first-order chi connectivity index (χ1) is 16.4. The number of halogens is 1. The van der Waals surface area contributed by atoms with Crippen LogP contribution in [0.25, 0.3) is 21.3 Å². The molecule has 7 heteroatoms. The predicted molar refractivity (Wildman–Crippen MR) is 138 cm³/mol. The van der Waals surface area contributed by atoms with Crippen molar-refractivity contribution in [3.8, 4) is 11.1 Å². The highest BCUT2D eigenvalue weighted by Crippen LogP contribution is 2.31. The first-order valence-electron chi connectivity index (χ1n) is 11.4. The lowest BCUT2D eigenvalue weighted by atomic mass is 10.0. The Morgan fingerprint density at radius 1 is 1.12 bits per heavy atom. The summed E-state index contributed by atoms with van der Waals surface area (Å²) in [5.41, 5.74) is 4.10. The molecule has 1 aliphatic heterocycles. The molecule has 1 amide bonds. The summed E-state index contributed by atoms with van der Waals surface area (Å²) >= 11 is 1.65. The number of hydrogen-bond acceptors (Lipinski definition) is 5. The van der Waals surface area contributed by atoms with E-state index in [0.717, 1.165) is 51.8 Å². The molecule has 0 saturated carbocycles. The quantitative estimate of drug-likeness (QED) is 0.387. The number of nitrogens with zero attached hydrogens (tertiary/aromatic N) is 3. The number of anilines is 2. The molecule has 3 aromatic carbocycles. The first kappa shape index (κ1) is 22.5. The lowest BCUT2D eigenvalue weighted by Crippen LogP contribution is -2.27. The first-order valence-corrected chi connectivity index (χ1v) is 12.2. The Hall–Kier alpha value is -3.29. The van der Waals surface area contributed by atoms with Crippen LogP contribution in [-0.4, -0.2) is 49.5 Å². The monoisotopic (exact) mass is 474 g/mol. The summed E-state index contributed by atoms with van der Waals surface area (Å²) in [7, 11) is 4.28. The van der Waals surface area contributed by atoms with Crippen LogP contribution in [0.4, 0.5) is 15.2 Å². The van der Waals surface area contributed by atoms with E-state index >= 15 is 0 Å². The molecule has 1 aliphatic rings. The molecule has 1 saturated heterocycles. The molecule has 2 heterocycles. The van der Waals surface area contributed by atoms with Crippen molar-refractivity contribution in [3.63, 3.8) is 0 Å². The average Bonchev–Trinajstić information content (AvgIpc) is 3.45. The van der Waals surface area contributed by atoms with Crippen LogP contribution >= 0.6 is 11.3 Å². The maximum atomic E-state index is 13.2. The van der Waals surface area contributed by atoms with E-state index in [-0.39, 0.29) is 11.7 Å². The van der Waals surface area contributed by atoms with Crippen LogP contribution in [0.1, 0.15) is 16.8 Å². The highest BCUT2D eigenvalue weighted by molar-refractivity contribution is 7.22. The lowest BCUT2D eigenvalue weighted by molar-refractivity contribution is 0.102. The second-order valence-electron chi connectivity index (χ2n) is 9.01. The van der Waals surface area contributed by atoms with Gasteiger partial charge in [0, 0.05) is 31.4 Å². The fourth-order valence-electron chi connectivity index (χ4n) is 4.45. The molecule has 5 rings (SSSR count). The molecular formula is C27H27FN4OS. The number of thiazole rings is 1. The van der Waals surface area contributed by atoms with E-state index in [2.05, 4.69) is 29.2 Å². The van der Waals surface area contributed by atoms with E-state index in [0.29, 0.717) is 11.5 Å². The van der Waals surface area contributed by atoms with Crippen molar-refractivity contribution in [2.75, 3.05) is 43.9 Å². The summed E-state index contributed by atoms with van der Waals surface area (Å²) in [5.74, 6) is 0.238. The number of hydrogen-bond donors (Lipinski definition) is 1. The second kappa shape index (κ2) is 9.52. The molecule has 0 radical (unpaired) electrons. The molecule has 1 N–H and O–H groups in total. The van der Waals surface area contributed by atoms with Crippen molar-refractivity contribution < 1.29 is 9.18 Å². The fraction of sp³-hybridized carbons (Fsp3) is 0.259. The smallest absolute Gasteiger partial charge is 0.255 e. The average molecular weight is 475 g/mol. The predicted octanol–water partition coefficient (Wildman–Crippen LogP) is 5.74. The molecule has 0 spiro atoms. The van der Waals surface area contributed by atoms with E-state index in [1.165, 1.54) is 18.6 Å². The zero-order chi connectivity index (χ0) is 23.7. The number of benzene rings is 3. The number of rotatable bonds is 6. The van der Waals surface area contributed by atoms with Gasteiger partial charge < -0.3 is 15.1 Å².